The van der Waals surface area contributed by atoms with Crippen LogP contribution in [0.15, 0.2) is 0 Å². The van der Waals surface area contributed by atoms with Crippen molar-refractivity contribution in [1.82, 2.24) is 15.1 Å². The van der Waals surface area contributed by atoms with Crippen molar-refractivity contribution in [3.05, 3.63) is 17.0 Å². The number of carbonyl (C=O) groups is 1. The van der Waals surface area contributed by atoms with Crippen LogP contribution in [0.5, 0.6) is 0 Å². The van der Waals surface area contributed by atoms with Gasteiger partial charge in [-0.05, 0) is 20.3 Å². The molecule has 0 radical (unpaired) electrons. The third-order valence-corrected chi connectivity index (χ3v) is 3.44. The number of ether oxygens (including phenoxy) is 2. The smallest absolute Gasteiger partial charge is 0.274 e. The summed E-state index contributed by atoms with van der Waals surface area (Å²) in [6.07, 6.45) is 1.04. The Labute approximate surface area is 113 Å². The first-order valence-electron chi connectivity index (χ1n) is 6.55. The van der Waals surface area contributed by atoms with Gasteiger partial charge in [0.15, 0.2) is 5.69 Å². The first kappa shape index (κ1) is 14.0. The predicted octanol–water partition coefficient (Wildman–Crippen LogP) is 0.904. The number of carbonyl (C=O) groups excluding carboxylic acids is 1. The summed E-state index contributed by atoms with van der Waals surface area (Å²) in [5, 5.41) is 6.89. The Morgan fingerprint density at radius 2 is 2.16 bits per heavy atom. The van der Waals surface area contributed by atoms with Crippen LogP contribution in [-0.4, -0.2) is 60.5 Å². The van der Waals surface area contributed by atoms with Gasteiger partial charge in [-0.1, -0.05) is 0 Å². The third-order valence-electron chi connectivity index (χ3n) is 3.44. The molecule has 1 fully saturated rings. The van der Waals surface area contributed by atoms with E-state index in [-0.39, 0.29) is 12.0 Å². The molecule has 1 aliphatic heterocycles. The van der Waals surface area contributed by atoms with Gasteiger partial charge in [-0.2, -0.15) is 5.10 Å². The van der Waals surface area contributed by atoms with Crippen molar-refractivity contribution >= 4 is 5.91 Å². The summed E-state index contributed by atoms with van der Waals surface area (Å²) in [6.45, 7) is 6.51. The predicted molar refractivity (Wildman–Crippen MR) is 70.2 cm³/mol. The lowest BCUT2D eigenvalue weighted by Gasteiger charge is -2.38. The van der Waals surface area contributed by atoms with Crippen molar-refractivity contribution in [1.29, 1.82) is 0 Å². The molecule has 6 heteroatoms. The molecule has 106 valence electrons. The van der Waals surface area contributed by atoms with E-state index in [9.17, 15) is 4.79 Å². The summed E-state index contributed by atoms with van der Waals surface area (Å²) >= 11 is 0. The first-order chi connectivity index (χ1) is 9.13. The Hall–Kier alpha value is -1.40. The minimum absolute atomic E-state index is 0.0152. The van der Waals surface area contributed by atoms with Gasteiger partial charge in [-0.3, -0.25) is 9.89 Å². The van der Waals surface area contributed by atoms with Crippen molar-refractivity contribution in [2.45, 2.75) is 26.4 Å². The third kappa shape index (κ3) is 3.13. The van der Waals surface area contributed by atoms with Gasteiger partial charge in [-0.15, -0.1) is 0 Å². The fraction of sp³-hybridized carbons (Fsp3) is 0.692. The first-order valence-corrected chi connectivity index (χ1v) is 6.55. The maximum absolute atomic E-state index is 12.2. The Morgan fingerprint density at radius 1 is 1.42 bits per heavy atom. The number of aryl methyl sites for hydroxylation is 1. The van der Waals surface area contributed by atoms with Gasteiger partial charge in [0.1, 0.15) is 0 Å². The SMILES string of the molecule is COCCCOC1CN(C(=O)c2n[nH]c(C)c2C)C1. The zero-order valence-electron chi connectivity index (χ0n) is 11.7. The molecule has 1 amide bonds. The molecule has 0 saturated carbocycles. The minimum Gasteiger partial charge on any atom is -0.385 e. The van der Waals surface area contributed by atoms with Crippen LogP contribution < -0.4 is 0 Å². The zero-order chi connectivity index (χ0) is 13.8. The number of hydrogen-bond donors (Lipinski definition) is 1. The normalized spacial score (nSPS) is 15.6. The fourth-order valence-corrected chi connectivity index (χ4v) is 2.01. The molecule has 0 aliphatic carbocycles. The van der Waals surface area contributed by atoms with Crippen LogP contribution in [0.3, 0.4) is 0 Å². The average molecular weight is 267 g/mol. The molecule has 2 rings (SSSR count). The molecule has 1 aromatic rings. The second-order valence-electron chi connectivity index (χ2n) is 4.87. The molecule has 1 aromatic heterocycles. The van der Waals surface area contributed by atoms with Gasteiger partial charge in [0, 0.05) is 44.7 Å². The summed E-state index contributed by atoms with van der Waals surface area (Å²) in [4.78, 5) is 13.9. The number of nitrogens with one attached hydrogen (secondary N) is 1. The molecule has 6 nitrogen and oxygen atoms in total. The number of aromatic nitrogens is 2. The van der Waals surface area contributed by atoms with E-state index in [1.807, 2.05) is 13.8 Å². The fourth-order valence-electron chi connectivity index (χ4n) is 2.01. The Morgan fingerprint density at radius 3 is 2.74 bits per heavy atom. The van der Waals surface area contributed by atoms with Crippen LogP contribution in [0, 0.1) is 13.8 Å². The number of amides is 1. The Kier molecular flexibility index (Phi) is 4.55. The van der Waals surface area contributed by atoms with Gasteiger partial charge in [0.05, 0.1) is 6.10 Å². The summed E-state index contributed by atoms with van der Waals surface area (Å²) in [6, 6.07) is 0. The van der Waals surface area contributed by atoms with E-state index in [1.54, 1.807) is 12.0 Å². The van der Waals surface area contributed by atoms with Gasteiger partial charge in [-0.25, -0.2) is 0 Å². The number of likely N-dealkylation sites (tertiary alicyclic amines) is 1. The van der Waals surface area contributed by atoms with Gasteiger partial charge >= 0.3 is 0 Å². The van der Waals surface area contributed by atoms with Crippen molar-refractivity contribution in [2.24, 2.45) is 0 Å². The van der Waals surface area contributed by atoms with Crippen LogP contribution in [0.2, 0.25) is 0 Å². The molecule has 2 heterocycles. The van der Waals surface area contributed by atoms with Crippen LogP contribution in [0.1, 0.15) is 28.2 Å². The van der Waals surface area contributed by atoms with E-state index in [2.05, 4.69) is 10.2 Å². The molecule has 0 unspecified atom stereocenters. The molecule has 0 atom stereocenters. The highest BCUT2D eigenvalue weighted by Crippen LogP contribution is 2.18. The number of aromatic amines is 1. The molecule has 1 N–H and O–H groups in total. The largest absolute Gasteiger partial charge is 0.385 e. The number of H-pyrrole nitrogens is 1. The van der Waals surface area contributed by atoms with Crippen LogP contribution in [0.25, 0.3) is 0 Å². The molecular formula is C13H21N3O3. The monoisotopic (exact) mass is 267 g/mol. The average Bonchev–Trinajstić information content (AvgIpc) is 2.67. The van der Waals surface area contributed by atoms with Crippen molar-refractivity contribution in [3.8, 4) is 0 Å². The van der Waals surface area contributed by atoms with E-state index in [4.69, 9.17) is 9.47 Å². The molecule has 0 spiro atoms. The summed E-state index contributed by atoms with van der Waals surface area (Å²) in [5.74, 6) is -0.0152. The highest BCUT2D eigenvalue weighted by atomic mass is 16.5. The molecule has 19 heavy (non-hydrogen) atoms. The maximum Gasteiger partial charge on any atom is 0.274 e. The lowest BCUT2D eigenvalue weighted by Crippen LogP contribution is -2.55. The molecule has 0 aromatic carbocycles. The second-order valence-corrected chi connectivity index (χ2v) is 4.87. The van der Waals surface area contributed by atoms with E-state index in [0.717, 1.165) is 17.7 Å². The second kappa shape index (κ2) is 6.16. The van der Waals surface area contributed by atoms with Gasteiger partial charge in [0.25, 0.3) is 5.91 Å². The van der Waals surface area contributed by atoms with Crippen LogP contribution >= 0.6 is 0 Å². The van der Waals surface area contributed by atoms with Crippen molar-refractivity contribution < 1.29 is 14.3 Å². The highest BCUT2D eigenvalue weighted by molar-refractivity contribution is 5.94. The summed E-state index contributed by atoms with van der Waals surface area (Å²) in [5.41, 5.74) is 2.39. The van der Waals surface area contributed by atoms with Crippen molar-refractivity contribution in [3.63, 3.8) is 0 Å². The molecule has 1 aliphatic rings. The minimum atomic E-state index is -0.0152. The maximum atomic E-state index is 12.2. The lowest BCUT2D eigenvalue weighted by molar-refractivity contribution is -0.0466. The van der Waals surface area contributed by atoms with E-state index >= 15 is 0 Å². The highest BCUT2D eigenvalue weighted by Gasteiger charge is 2.33. The van der Waals surface area contributed by atoms with E-state index < -0.39 is 0 Å². The summed E-state index contributed by atoms with van der Waals surface area (Å²) in [7, 11) is 1.68. The number of hydrogen-bond acceptors (Lipinski definition) is 4. The standard InChI is InChI=1S/C13H21N3O3/c1-9-10(2)14-15-12(9)13(17)16-7-11(8-16)19-6-4-5-18-3/h11H,4-8H2,1-3H3,(H,14,15). The van der Waals surface area contributed by atoms with Crippen molar-refractivity contribution in [2.75, 3.05) is 33.4 Å². The topological polar surface area (TPSA) is 67.5 Å². The Bertz CT molecular complexity index is 438. The van der Waals surface area contributed by atoms with Gasteiger partial charge < -0.3 is 14.4 Å². The van der Waals surface area contributed by atoms with Gasteiger partial charge in [0.2, 0.25) is 0 Å². The van der Waals surface area contributed by atoms with Crippen LogP contribution in [-0.2, 0) is 9.47 Å². The summed E-state index contributed by atoms with van der Waals surface area (Å²) < 4.78 is 10.6. The number of methoxy groups -OCH3 is 1. The quantitative estimate of drug-likeness (QED) is 0.778. The molecule has 1 saturated heterocycles. The van der Waals surface area contributed by atoms with E-state index in [0.29, 0.717) is 32.0 Å². The van der Waals surface area contributed by atoms with Crippen LogP contribution in [0.4, 0.5) is 0 Å². The zero-order valence-corrected chi connectivity index (χ0v) is 11.7. The molecule has 0 bridgehead atoms. The number of nitrogens with zero attached hydrogens (tertiary/aromatic N) is 2. The van der Waals surface area contributed by atoms with E-state index in [1.165, 1.54) is 0 Å². The Balaban J connectivity index is 1.74. The molecular weight excluding hydrogens is 246 g/mol. The lowest BCUT2D eigenvalue weighted by atomic mass is 10.1. The number of rotatable bonds is 6.